The Bertz CT molecular complexity index is 504. The monoisotopic (exact) mass is 436 g/mol. The Balaban J connectivity index is 0.00000264. The van der Waals surface area contributed by atoms with Crippen molar-refractivity contribution in [3.8, 4) is 0 Å². The molecular weight excluding hydrogens is 418 g/mol. The molecule has 0 aliphatic heterocycles. The van der Waals surface area contributed by atoms with Crippen molar-refractivity contribution in [1.29, 1.82) is 0 Å². The molecule has 23 heavy (non-hydrogen) atoms. The molecule has 0 heterocycles. The molecule has 0 aromatic carbocycles. The van der Waals surface area contributed by atoms with E-state index in [1.807, 2.05) is 19.1 Å². The molecule has 126 valence electrons. The zero-order valence-electron chi connectivity index (χ0n) is 12.9. The van der Waals surface area contributed by atoms with E-state index in [4.69, 9.17) is 42.9 Å². The quantitative estimate of drug-likeness (QED) is 0.611. The first kappa shape index (κ1) is 21.0. The molecule has 7 heteroatoms. The fraction of sp³-hybridized carbons (Fsp3) is 0.500. The first-order valence-electron chi connectivity index (χ1n) is 7.25. The van der Waals surface area contributed by atoms with Gasteiger partial charge in [-0.15, -0.1) is 0 Å². The Hall–Kier alpha value is -0.0569. The minimum Gasteiger partial charge on any atom is -0.490 e. The fourth-order valence-corrected chi connectivity index (χ4v) is 3.10. The molecule has 2 aliphatic carbocycles. The maximum absolute atomic E-state index is 8.93. The molecule has 0 aromatic rings. The van der Waals surface area contributed by atoms with Crippen molar-refractivity contribution in [3.05, 3.63) is 44.9 Å². The SMILES string of the molecule is CC(C1=CCC(Cl)=C1OCCO)C1=CCC(Cl)=C1OCCO.[Zr]. The number of aliphatic hydroxyl groups is 2. The van der Waals surface area contributed by atoms with Crippen LogP contribution in [-0.2, 0) is 35.7 Å². The molecule has 0 aromatic heterocycles. The minimum absolute atomic E-state index is 0. The Morgan fingerprint density at radius 2 is 1.35 bits per heavy atom. The van der Waals surface area contributed by atoms with Crippen LogP contribution in [0.4, 0.5) is 0 Å². The van der Waals surface area contributed by atoms with Gasteiger partial charge in [0.2, 0.25) is 0 Å². The summed E-state index contributed by atoms with van der Waals surface area (Å²) in [5, 5.41) is 19.1. The van der Waals surface area contributed by atoms with E-state index < -0.39 is 0 Å². The first-order valence-corrected chi connectivity index (χ1v) is 8.01. The summed E-state index contributed by atoms with van der Waals surface area (Å²) in [5.74, 6) is 1.28. The summed E-state index contributed by atoms with van der Waals surface area (Å²) < 4.78 is 11.1. The maximum atomic E-state index is 8.93. The van der Waals surface area contributed by atoms with E-state index in [-0.39, 0.29) is 58.5 Å². The molecule has 2 N–H and O–H groups in total. The summed E-state index contributed by atoms with van der Waals surface area (Å²) in [7, 11) is 0. The molecule has 0 fully saturated rings. The Morgan fingerprint density at radius 1 is 0.957 bits per heavy atom. The van der Waals surface area contributed by atoms with Gasteiger partial charge < -0.3 is 19.7 Å². The number of halogens is 2. The van der Waals surface area contributed by atoms with Gasteiger partial charge in [-0.2, -0.15) is 0 Å². The van der Waals surface area contributed by atoms with Gasteiger partial charge in [-0.1, -0.05) is 42.3 Å². The number of ether oxygens (including phenoxy) is 2. The molecule has 0 bridgehead atoms. The molecule has 0 atom stereocenters. The third kappa shape index (κ3) is 4.96. The van der Waals surface area contributed by atoms with Crippen molar-refractivity contribution in [2.75, 3.05) is 26.4 Å². The predicted molar refractivity (Wildman–Crippen MR) is 86.4 cm³/mol. The molecule has 0 spiro atoms. The molecular formula is C16H20Cl2O4Zr. The van der Waals surface area contributed by atoms with Crippen molar-refractivity contribution in [2.24, 2.45) is 5.92 Å². The Labute approximate surface area is 165 Å². The van der Waals surface area contributed by atoms with E-state index in [0.717, 1.165) is 11.1 Å². The smallest absolute Gasteiger partial charge is 0.137 e. The van der Waals surface area contributed by atoms with E-state index in [9.17, 15) is 0 Å². The largest absolute Gasteiger partial charge is 0.490 e. The van der Waals surface area contributed by atoms with E-state index in [0.29, 0.717) is 34.4 Å². The summed E-state index contributed by atoms with van der Waals surface area (Å²) in [4.78, 5) is 0. The van der Waals surface area contributed by atoms with Crippen LogP contribution in [0.15, 0.2) is 44.9 Å². The van der Waals surface area contributed by atoms with E-state index in [2.05, 4.69) is 0 Å². The summed E-state index contributed by atoms with van der Waals surface area (Å²) in [6.45, 7) is 2.33. The van der Waals surface area contributed by atoms with Crippen LogP contribution in [0.5, 0.6) is 0 Å². The van der Waals surface area contributed by atoms with Gasteiger partial charge in [-0.05, 0) is 11.1 Å². The molecule has 0 radical (unpaired) electrons. The maximum Gasteiger partial charge on any atom is 0.137 e. The zero-order valence-corrected chi connectivity index (χ0v) is 16.9. The number of rotatable bonds is 8. The van der Waals surface area contributed by atoms with Gasteiger partial charge in [0, 0.05) is 45.0 Å². The van der Waals surface area contributed by atoms with Crippen molar-refractivity contribution < 1.29 is 45.9 Å². The van der Waals surface area contributed by atoms with Crippen LogP contribution in [0.3, 0.4) is 0 Å². The van der Waals surface area contributed by atoms with Crippen LogP contribution in [0, 0.1) is 5.92 Å². The van der Waals surface area contributed by atoms with Crippen LogP contribution in [-0.4, -0.2) is 36.6 Å². The van der Waals surface area contributed by atoms with Crippen molar-refractivity contribution in [2.45, 2.75) is 19.8 Å². The van der Waals surface area contributed by atoms with Crippen molar-refractivity contribution in [1.82, 2.24) is 0 Å². The molecule has 0 unspecified atom stereocenters. The summed E-state index contributed by atoms with van der Waals surface area (Å²) in [6.07, 6.45) is 5.30. The standard InChI is InChI=1S/C16H20Cl2O4.Zr/c1-10(11-2-4-13(17)15(11)21-8-6-19)12-3-5-14(18)16(12)22-9-7-20;/h2-3,10,19-20H,4-9H2,1H3;. The number of aliphatic hydroxyl groups excluding tert-OH is 2. The van der Waals surface area contributed by atoms with Gasteiger partial charge in [0.15, 0.2) is 0 Å². The zero-order chi connectivity index (χ0) is 16.1. The predicted octanol–water partition coefficient (Wildman–Crippen LogP) is 3.20. The van der Waals surface area contributed by atoms with Crippen LogP contribution >= 0.6 is 23.2 Å². The average molecular weight is 438 g/mol. The van der Waals surface area contributed by atoms with Gasteiger partial charge in [0.25, 0.3) is 0 Å². The third-order valence-corrected chi connectivity index (χ3v) is 4.28. The van der Waals surface area contributed by atoms with Gasteiger partial charge in [0.1, 0.15) is 24.7 Å². The summed E-state index contributed by atoms with van der Waals surface area (Å²) in [5.41, 5.74) is 1.95. The summed E-state index contributed by atoms with van der Waals surface area (Å²) in [6, 6.07) is 0. The van der Waals surface area contributed by atoms with Crippen molar-refractivity contribution in [3.63, 3.8) is 0 Å². The fourth-order valence-electron chi connectivity index (χ4n) is 2.62. The topological polar surface area (TPSA) is 58.9 Å². The van der Waals surface area contributed by atoms with Gasteiger partial charge in [0.05, 0.1) is 23.3 Å². The second-order valence-electron chi connectivity index (χ2n) is 5.06. The third-order valence-electron chi connectivity index (χ3n) is 3.63. The van der Waals surface area contributed by atoms with Gasteiger partial charge in [-0.25, -0.2) is 0 Å². The second-order valence-corrected chi connectivity index (χ2v) is 5.97. The molecule has 0 saturated heterocycles. The molecule has 4 nitrogen and oxygen atoms in total. The number of allylic oxidation sites excluding steroid dienone is 6. The van der Waals surface area contributed by atoms with E-state index in [1.54, 1.807) is 0 Å². The first-order chi connectivity index (χ1) is 10.6. The van der Waals surface area contributed by atoms with E-state index >= 15 is 0 Å². The van der Waals surface area contributed by atoms with Crippen LogP contribution in [0.1, 0.15) is 19.8 Å². The Morgan fingerprint density at radius 3 is 1.70 bits per heavy atom. The minimum atomic E-state index is -0.0609. The van der Waals surface area contributed by atoms with Crippen LogP contribution in [0.25, 0.3) is 0 Å². The molecule has 0 saturated carbocycles. The second kappa shape index (κ2) is 10.1. The van der Waals surface area contributed by atoms with Crippen molar-refractivity contribution >= 4 is 23.2 Å². The summed E-state index contributed by atoms with van der Waals surface area (Å²) >= 11 is 12.4. The Kier molecular flexibility index (Phi) is 9.17. The van der Waals surface area contributed by atoms with Gasteiger partial charge >= 0.3 is 0 Å². The average Bonchev–Trinajstić information content (AvgIpc) is 3.06. The number of hydrogen-bond donors (Lipinski definition) is 2. The van der Waals surface area contributed by atoms with E-state index in [1.165, 1.54) is 0 Å². The molecule has 2 rings (SSSR count). The normalized spacial score (nSPS) is 17.5. The molecule has 0 amide bonds. The van der Waals surface area contributed by atoms with Crippen LogP contribution < -0.4 is 0 Å². The number of hydrogen-bond acceptors (Lipinski definition) is 4. The van der Waals surface area contributed by atoms with Gasteiger partial charge in [-0.3, -0.25) is 0 Å². The van der Waals surface area contributed by atoms with Crippen LogP contribution in [0.2, 0.25) is 0 Å². The molecule has 2 aliphatic rings.